The second-order valence-electron chi connectivity index (χ2n) is 5.76. The number of ether oxygens (including phenoxy) is 1. The second kappa shape index (κ2) is 7.73. The van der Waals surface area contributed by atoms with Crippen molar-refractivity contribution in [3.8, 4) is 5.75 Å². The van der Waals surface area contributed by atoms with Gasteiger partial charge in [0.1, 0.15) is 5.75 Å². The molecule has 2 aromatic carbocycles. The van der Waals surface area contributed by atoms with Crippen LogP contribution in [0.3, 0.4) is 0 Å². The summed E-state index contributed by atoms with van der Waals surface area (Å²) < 4.78 is 5.34. The third-order valence-electron chi connectivity index (χ3n) is 3.71. The van der Waals surface area contributed by atoms with Crippen molar-refractivity contribution in [2.45, 2.75) is 33.1 Å². The zero-order chi connectivity index (χ0) is 16.8. The number of hydrogen-bond acceptors (Lipinski definition) is 3. The van der Waals surface area contributed by atoms with Crippen LogP contribution in [-0.4, -0.2) is 18.2 Å². The molecule has 0 heterocycles. The molecule has 0 aliphatic carbocycles. The molecule has 0 bridgehead atoms. The Hall–Kier alpha value is -2.42. The maximum atomic E-state index is 12.2. The van der Waals surface area contributed by atoms with Gasteiger partial charge in [-0.1, -0.05) is 38.1 Å². The number of hydrogen-bond donors (Lipinski definition) is 0. The summed E-state index contributed by atoms with van der Waals surface area (Å²) in [5, 5.41) is 0. The normalized spacial score (nSPS) is 10.6. The first kappa shape index (κ1) is 16.9. The molecule has 0 saturated carbocycles. The minimum atomic E-state index is -0.175. The van der Waals surface area contributed by atoms with Crippen molar-refractivity contribution in [3.05, 3.63) is 65.2 Å². The van der Waals surface area contributed by atoms with Crippen LogP contribution in [0.15, 0.2) is 48.5 Å². The van der Waals surface area contributed by atoms with E-state index >= 15 is 0 Å². The summed E-state index contributed by atoms with van der Waals surface area (Å²) in [4.78, 5) is 24.4. The Morgan fingerprint density at radius 1 is 0.870 bits per heavy atom. The Balaban J connectivity index is 2.02. The minimum absolute atomic E-state index is 0.116. The molecule has 23 heavy (non-hydrogen) atoms. The summed E-state index contributed by atoms with van der Waals surface area (Å²) in [6, 6.07) is 14.4. The van der Waals surface area contributed by atoms with E-state index in [4.69, 9.17) is 4.74 Å². The van der Waals surface area contributed by atoms with Gasteiger partial charge in [-0.3, -0.25) is 9.59 Å². The molecule has 2 rings (SSSR count). The molecule has 0 aliphatic rings. The van der Waals surface area contributed by atoms with Crippen molar-refractivity contribution < 1.29 is 14.3 Å². The molecule has 0 unspecified atom stereocenters. The average molecular weight is 310 g/mol. The standard InChI is InChI=1S/C20H22O3/c1-4-23-18-11-9-17(10-12-18)20(22)13-19(21)16-7-5-15(6-8-16)14(2)3/h5-12,14H,4,13H2,1-3H3. The summed E-state index contributed by atoms with van der Waals surface area (Å²) in [5.74, 6) is 0.814. The second-order valence-corrected chi connectivity index (χ2v) is 5.76. The molecule has 3 nitrogen and oxygen atoms in total. The molecule has 0 fully saturated rings. The van der Waals surface area contributed by atoms with Crippen LogP contribution in [0, 0.1) is 0 Å². The first-order chi connectivity index (χ1) is 11.0. The highest BCUT2D eigenvalue weighted by molar-refractivity contribution is 6.13. The van der Waals surface area contributed by atoms with Gasteiger partial charge in [0.25, 0.3) is 0 Å². The molecule has 0 spiro atoms. The lowest BCUT2D eigenvalue weighted by Crippen LogP contribution is -2.08. The van der Waals surface area contributed by atoms with Gasteiger partial charge in [-0.15, -0.1) is 0 Å². The van der Waals surface area contributed by atoms with Crippen molar-refractivity contribution >= 4 is 11.6 Å². The number of Topliss-reactive ketones (excluding diaryl/α,β-unsaturated/α-hetero) is 2. The molecule has 0 N–H and O–H groups in total. The fourth-order valence-corrected chi connectivity index (χ4v) is 2.31. The van der Waals surface area contributed by atoms with Crippen LogP contribution in [0.1, 0.15) is 59.4 Å². The topological polar surface area (TPSA) is 43.4 Å². The highest BCUT2D eigenvalue weighted by Crippen LogP contribution is 2.17. The van der Waals surface area contributed by atoms with Gasteiger partial charge in [-0.2, -0.15) is 0 Å². The Bertz CT molecular complexity index is 667. The Kier molecular flexibility index (Phi) is 5.69. The number of carbonyl (C=O) groups is 2. The molecule has 120 valence electrons. The minimum Gasteiger partial charge on any atom is -0.494 e. The van der Waals surface area contributed by atoms with E-state index in [2.05, 4.69) is 13.8 Å². The fourth-order valence-electron chi connectivity index (χ4n) is 2.31. The van der Waals surface area contributed by atoms with Crippen molar-refractivity contribution in [2.75, 3.05) is 6.61 Å². The van der Waals surface area contributed by atoms with Gasteiger partial charge in [-0.05, 0) is 42.7 Å². The molecule has 0 aliphatic heterocycles. The van der Waals surface area contributed by atoms with E-state index in [1.807, 2.05) is 19.1 Å². The lowest BCUT2D eigenvalue weighted by Gasteiger charge is -2.07. The quantitative estimate of drug-likeness (QED) is 0.551. The zero-order valence-corrected chi connectivity index (χ0v) is 13.8. The SMILES string of the molecule is CCOc1ccc(C(=O)CC(=O)c2ccc(C(C)C)cc2)cc1. The Morgan fingerprint density at radius 2 is 1.35 bits per heavy atom. The maximum Gasteiger partial charge on any atom is 0.170 e. The van der Waals surface area contributed by atoms with Crippen molar-refractivity contribution in [1.82, 2.24) is 0 Å². The summed E-state index contributed by atoms with van der Waals surface area (Å²) in [7, 11) is 0. The van der Waals surface area contributed by atoms with Gasteiger partial charge in [-0.25, -0.2) is 0 Å². The molecule has 3 heteroatoms. The molecular weight excluding hydrogens is 288 g/mol. The van der Waals surface area contributed by atoms with Crippen LogP contribution in [0.2, 0.25) is 0 Å². The van der Waals surface area contributed by atoms with Gasteiger partial charge in [0.2, 0.25) is 0 Å². The summed E-state index contributed by atoms with van der Waals surface area (Å²) in [5.41, 5.74) is 2.29. The number of rotatable bonds is 7. The number of carbonyl (C=O) groups excluding carboxylic acids is 2. The third-order valence-corrected chi connectivity index (χ3v) is 3.71. The first-order valence-electron chi connectivity index (χ1n) is 7.90. The molecule has 0 saturated heterocycles. The Morgan fingerprint density at radius 3 is 1.78 bits per heavy atom. The lowest BCUT2D eigenvalue weighted by molar-refractivity contribution is 0.0894. The monoisotopic (exact) mass is 310 g/mol. The van der Waals surface area contributed by atoms with Crippen LogP contribution in [-0.2, 0) is 0 Å². The largest absolute Gasteiger partial charge is 0.494 e. The van der Waals surface area contributed by atoms with E-state index in [-0.39, 0.29) is 18.0 Å². The van der Waals surface area contributed by atoms with E-state index in [0.29, 0.717) is 23.7 Å². The van der Waals surface area contributed by atoms with Gasteiger partial charge in [0, 0.05) is 11.1 Å². The van der Waals surface area contributed by atoms with E-state index < -0.39 is 0 Å². The van der Waals surface area contributed by atoms with Crippen LogP contribution in [0.5, 0.6) is 5.75 Å². The first-order valence-corrected chi connectivity index (χ1v) is 7.90. The van der Waals surface area contributed by atoms with Crippen LogP contribution in [0.25, 0.3) is 0 Å². The predicted octanol–water partition coefficient (Wildman–Crippen LogP) is 4.66. The molecular formula is C20H22O3. The highest BCUT2D eigenvalue weighted by Gasteiger charge is 2.14. The molecule has 0 amide bonds. The van der Waals surface area contributed by atoms with Crippen molar-refractivity contribution in [3.63, 3.8) is 0 Å². The summed E-state index contributed by atoms with van der Waals surface area (Å²) >= 11 is 0. The van der Waals surface area contributed by atoms with E-state index in [9.17, 15) is 9.59 Å². The van der Waals surface area contributed by atoms with Gasteiger partial charge < -0.3 is 4.74 Å². The van der Waals surface area contributed by atoms with Crippen molar-refractivity contribution in [1.29, 1.82) is 0 Å². The van der Waals surface area contributed by atoms with Crippen LogP contribution >= 0.6 is 0 Å². The van der Waals surface area contributed by atoms with E-state index in [1.165, 1.54) is 5.56 Å². The number of ketones is 2. The molecule has 0 aromatic heterocycles. The average Bonchev–Trinajstić information content (AvgIpc) is 2.55. The van der Waals surface area contributed by atoms with E-state index in [0.717, 1.165) is 5.75 Å². The van der Waals surface area contributed by atoms with Crippen LogP contribution < -0.4 is 4.74 Å². The number of benzene rings is 2. The maximum absolute atomic E-state index is 12.2. The molecule has 0 radical (unpaired) electrons. The zero-order valence-electron chi connectivity index (χ0n) is 13.8. The molecule has 0 atom stereocenters. The van der Waals surface area contributed by atoms with Crippen molar-refractivity contribution in [2.24, 2.45) is 0 Å². The molecule has 2 aromatic rings. The van der Waals surface area contributed by atoms with Gasteiger partial charge in [0.05, 0.1) is 13.0 Å². The lowest BCUT2D eigenvalue weighted by atomic mass is 9.98. The highest BCUT2D eigenvalue weighted by atomic mass is 16.5. The smallest absolute Gasteiger partial charge is 0.170 e. The van der Waals surface area contributed by atoms with Crippen LogP contribution in [0.4, 0.5) is 0 Å². The summed E-state index contributed by atoms with van der Waals surface area (Å²) in [6.07, 6.45) is -0.116. The Labute approximate surface area is 137 Å². The fraction of sp³-hybridized carbons (Fsp3) is 0.300. The third kappa shape index (κ3) is 4.52. The predicted molar refractivity (Wildman–Crippen MR) is 91.4 cm³/mol. The summed E-state index contributed by atoms with van der Waals surface area (Å²) in [6.45, 7) is 6.69. The van der Waals surface area contributed by atoms with E-state index in [1.54, 1.807) is 36.4 Å². The van der Waals surface area contributed by atoms with Gasteiger partial charge >= 0.3 is 0 Å². The van der Waals surface area contributed by atoms with Gasteiger partial charge in [0.15, 0.2) is 11.6 Å².